The molecule has 2 heterocycles. The number of para-hydroxylation sites is 1. The van der Waals surface area contributed by atoms with Crippen LogP contribution in [-0.4, -0.2) is 39.9 Å². The van der Waals surface area contributed by atoms with Gasteiger partial charge in [-0.05, 0) is 73.2 Å². The molecule has 3 aromatic carbocycles. The zero-order valence-corrected chi connectivity index (χ0v) is 24.5. The molecule has 0 radical (unpaired) electrons. The van der Waals surface area contributed by atoms with E-state index >= 15 is 0 Å². The third kappa shape index (κ3) is 6.76. The van der Waals surface area contributed by atoms with Gasteiger partial charge in [-0.15, -0.1) is 0 Å². The van der Waals surface area contributed by atoms with Gasteiger partial charge in [-0.1, -0.05) is 62.4 Å². The topological polar surface area (TPSA) is 75.9 Å². The number of aliphatic hydroxyl groups excluding tert-OH is 2. The molecule has 0 amide bonds. The molecular weight excluding hydrogens is 531 g/mol. The van der Waals surface area contributed by atoms with Gasteiger partial charge in [0.1, 0.15) is 5.82 Å². The molecule has 1 aliphatic heterocycles. The Bertz CT molecular complexity index is 1420. The summed E-state index contributed by atoms with van der Waals surface area (Å²) in [5.74, 6) is -0.252. The third-order valence-electron chi connectivity index (χ3n) is 7.79. The van der Waals surface area contributed by atoms with E-state index in [2.05, 4.69) is 23.7 Å². The first-order valence-corrected chi connectivity index (χ1v) is 14.9. The largest absolute Gasteiger partial charge is 0.393 e. The highest BCUT2D eigenvalue weighted by Crippen LogP contribution is 2.45. The van der Waals surface area contributed by atoms with Gasteiger partial charge in [0, 0.05) is 42.1 Å². The van der Waals surface area contributed by atoms with Crippen LogP contribution < -0.4 is 5.32 Å². The quantitative estimate of drug-likeness (QED) is 0.163. The van der Waals surface area contributed by atoms with Crippen LogP contribution >= 0.6 is 0 Å². The van der Waals surface area contributed by atoms with E-state index in [4.69, 9.17) is 9.47 Å². The zero-order chi connectivity index (χ0) is 29.6. The number of anilines is 1. The fraction of sp³-hybridized carbons (Fsp3) is 0.371. The highest BCUT2D eigenvalue weighted by Gasteiger charge is 2.32. The van der Waals surface area contributed by atoms with Gasteiger partial charge in [0.15, 0.2) is 12.5 Å². The van der Waals surface area contributed by atoms with Crippen LogP contribution in [-0.2, 0) is 16.0 Å². The molecule has 5 rings (SSSR count). The number of nitrogens with one attached hydrogen (secondary N) is 1. The van der Waals surface area contributed by atoms with Crippen molar-refractivity contribution in [1.82, 2.24) is 4.57 Å². The highest BCUT2D eigenvalue weighted by molar-refractivity contribution is 5.86. The molecule has 2 unspecified atom stereocenters. The van der Waals surface area contributed by atoms with E-state index in [1.54, 1.807) is 12.1 Å². The number of halogens is 1. The van der Waals surface area contributed by atoms with Crippen LogP contribution in [0.1, 0.15) is 63.4 Å². The molecule has 4 atom stereocenters. The van der Waals surface area contributed by atoms with Crippen LogP contribution in [0.2, 0.25) is 0 Å². The van der Waals surface area contributed by atoms with Crippen LogP contribution in [0.4, 0.5) is 10.1 Å². The summed E-state index contributed by atoms with van der Waals surface area (Å²) < 4.78 is 28.3. The minimum atomic E-state index is -1.00. The van der Waals surface area contributed by atoms with Crippen LogP contribution in [0, 0.1) is 5.82 Å². The van der Waals surface area contributed by atoms with E-state index in [-0.39, 0.29) is 17.8 Å². The fourth-order valence-corrected chi connectivity index (χ4v) is 6.06. The van der Waals surface area contributed by atoms with E-state index < -0.39 is 18.6 Å². The van der Waals surface area contributed by atoms with Crippen molar-refractivity contribution in [3.63, 3.8) is 0 Å². The molecule has 222 valence electrons. The van der Waals surface area contributed by atoms with Crippen molar-refractivity contribution in [2.75, 3.05) is 11.9 Å². The number of hydrogen-bond acceptors (Lipinski definition) is 5. The normalized spacial score (nSPS) is 19.6. The van der Waals surface area contributed by atoms with Crippen molar-refractivity contribution in [2.24, 2.45) is 0 Å². The maximum absolute atomic E-state index is 14.1. The Hall–Kier alpha value is -3.49. The fourth-order valence-electron chi connectivity index (χ4n) is 6.06. The van der Waals surface area contributed by atoms with Crippen molar-refractivity contribution in [3.05, 3.63) is 102 Å². The lowest BCUT2D eigenvalue weighted by Crippen LogP contribution is -2.37. The second-order valence-corrected chi connectivity index (χ2v) is 11.2. The number of aromatic nitrogens is 1. The summed E-state index contributed by atoms with van der Waals surface area (Å²) in [4.78, 5) is 0. The average molecular weight is 573 g/mol. The van der Waals surface area contributed by atoms with E-state index in [9.17, 15) is 14.6 Å². The van der Waals surface area contributed by atoms with Crippen molar-refractivity contribution in [3.8, 4) is 22.4 Å². The molecule has 0 saturated carbocycles. The molecule has 4 aromatic rings. The Morgan fingerprint density at radius 2 is 1.62 bits per heavy atom. The summed E-state index contributed by atoms with van der Waals surface area (Å²) in [5, 5.41) is 25.7. The van der Waals surface area contributed by atoms with Gasteiger partial charge in [0.25, 0.3) is 0 Å². The second kappa shape index (κ2) is 13.7. The summed E-state index contributed by atoms with van der Waals surface area (Å²) in [5.41, 5.74) is 6.21. The monoisotopic (exact) mass is 572 g/mol. The molecule has 3 N–H and O–H groups in total. The van der Waals surface area contributed by atoms with E-state index in [1.807, 2.05) is 67.6 Å². The summed E-state index contributed by atoms with van der Waals surface area (Å²) in [7, 11) is 0. The summed E-state index contributed by atoms with van der Waals surface area (Å²) in [6.07, 6.45) is -0.477. The van der Waals surface area contributed by atoms with Crippen LogP contribution in [0.25, 0.3) is 22.4 Å². The number of aliphatic hydroxyl groups is 2. The number of hydrogen-bond donors (Lipinski definition) is 3. The minimum Gasteiger partial charge on any atom is -0.393 e. The molecule has 1 saturated heterocycles. The van der Waals surface area contributed by atoms with Gasteiger partial charge in [0.2, 0.25) is 0 Å². The number of rotatable bonds is 11. The van der Waals surface area contributed by atoms with Gasteiger partial charge in [-0.2, -0.15) is 0 Å². The number of ether oxygens (including phenoxy) is 2. The van der Waals surface area contributed by atoms with Crippen LogP contribution in [0.15, 0.2) is 84.9 Å². The third-order valence-corrected chi connectivity index (χ3v) is 7.79. The van der Waals surface area contributed by atoms with Crippen molar-refractivity contribution >= 4 is 5.69 Å². The molecule has 0 spiro atoms. The number of nitrogens with zero attached hydrogens (tertiary/aromatic N) is 1. The Morgan fingerprint density at radius 1 is 0.952 bits per heavy atom. The standard InChI is InChI=1S/C35H41FN2O4/c1-4-41-30-22-28(39)21-29(42-30)19-20-38-33(23(2)3)32(35(40)37-27-13-9-6-10-14-27)31(24-11-7-5-8-12-24)34(38)25-15-17-26(36)18-16-25/h5-18,23,28-30,35,37,39-40H,4,19-22H2,1-3H3/t28-,29-,30?,35?/m1/s1. The Labute approximate surface area is 247 Å². The lowest BCUT2D eigenvalue weighted by molar-refractivity contribution is -0.214. The molecule has 0 bridgehead atoms. The Morgan fingerprint density at radius 3 is 2.26 bits per heavy atom. The van der Waals surface area contributed by atoms with Gasteiger partial charge in [0.05, 0.1) is 17.9 Å². The van der Waals surface area contributed by atoms with E-state index in [0.29, 0.717) is 32.4 Å². The van der Waals surface area contributed by atoms with Gasteiger partial charge >= 0.3 is 0 Å². The lowest BCUT2D eigenvalue weighted by Gasteiger charge is -2.33. The SMILES string of the molecule is CCOC1C[C@H](O)C[C@@H](CCn2c(-c3ccc(F)cc3)c(-c3ccccc3)c(C(O)Nc3ccccc3)c2C(C)C)O1. The summed E-state index contributed by atoms with van der Waals surface area (Å²) >= 11 is 0. The van der Waals surface area contributed by atoms with Gasteiger partial charge in [-0.3, -0.25) is 0 Å². The minimum absolute atomic E-state index is 0.0536. The first-order valence-electron chi connectivity index (χ1n) is 14.9. The molecular formula is C35H41FN2O4. The van der Waals surface area contributed by atoms with Crippen molar-refractivity contribution < 1.29 is 24.1 Å². The van der Waals surface area contributed by atoms with Gasteiger partial charge < -0.3 is 29.6 Å². The molecule has 0 aliphatic carbocycles. The summed E-state index contributed by atoms with van der Waals surface area (Å²) in [6.45, 7) is 7.27. The van der Waals surface area contributed by atoms with Gasteiger partial charge in [-0.25, -0.2) is 4.39 Å². The molecule has 1 aromatic heterocycles. The molecule has 42 heavy (non-hydrogen) atoms. The maximum atomic E-state index is 14.1. The zero-order valence-electron chi connectivity index (χ0n) is 24.5. The second-order valence-electron chi connectivity index (χ2n) is 11.2. The van der Waals surface area contributed by atoms with Crippen molar-refractivity contribution in [1.29, 1.82) is 0 Å². The highest BCUT2D eigenvalue weighted by atomic mass is 19.1. The molecule has 1 fully saturated rings. The Kier molecular flexibility index (Phi) is 9.75. The maximum Gasteiger partial charge on any atom is 0.160 e. The lowest BCUT2D eigenvalue weighted by atomic mass is 9.94. The predicted molar refractivity (Wildman–Crippen MR) is 165 cm³/mol. The van der Waals surface area contributed by atoms with Crippen LogP contribution in [0.5, 0.6) is 0 Å². The van der Waals surface area contributed by atoms with Crippen molar-refractivity contribution in [2.45, 2.75) is 77.2 Å². The molecule has 7 heteroatoms. The summed E-state index contributed by atoms with van der Waals surface area (Å²) in [6, 6.07) is 26.2. The first-order chi connectivity index (χ1) is 20.4. The van der Waals surface area contributed by atoms with E-state index in [0.717, 1.165) is 39.3 Å². The van der Waals surface area contributed by atoms with Crippen LogP contribution in [0.3, 0.4) is 0 Å². The van der Waals surface area contributed by atoms with E-state index in [1.165, 1.54) is 12.1 Å². The molecule has 1 aliphatic rings. The number of benzene rings is 3. The average Bonchev–Trinajstić information content (AvgIpc) is 3.33. The Balaban J connectivity index is 1.66. The smallest absolute Gasteiger partial charge is 0.160 e. The predicted octanol–water partition coefficient (Wildman–Crippen LogP) is 7.48. The molecule has 6 nitrogen and oxygen atoms in total. The first kappa shape index (κ1) is 30.0.